The minimum atomic E-state index is -0.902. The predicted octanol–water partition coefficient (Wildman–Crippen LogP) is 6.06. The van der Waals surface area contributed by atoms with Gasteiger partial charge in [-0.3, -0.25) is 4.79 Å². The lowest BCUT2D eigenvalue weighted by molar-refractivity contribution is -0.245. The van der Waals surface area contributed by atoms with Crippen LogP contribution in [0.3, 0.4) is 0 Å². The van der Waals surface area contributed by atoms with Crippen LogP contribution in [0.25, 0.3) is 0 Å². The van der Waals surface area contributed by atoms with Gasteiger partial charge in [0.05, 0.1) is 17.6 Å². The first-order valence-electron chi connectivity index (χ1n) is 14.0. The van der Waals surface area contributed by atoms with E-state index in [2.05, 4.69) is 54.5 Å². The van der Waals surface area contributed by atoms with Gasteiger partial charge in [-0.1, -0.05) is 60.1 Å². The summed E-state index contributed by atoms with van der Waals surface area (Å²) in [7, 11) is 0. The Balaban J connectivity index is 1.69. The summed E-state index contributed by atoms with van der Waals surface area (Å²) in [5.41, 5.74) is -0.584. The fourth-order valence-electron chi connectivity index (χ4n) is 11.2. The molecule has 0 saturated heterocycles. The fraction of sp³-hybridized carbons (Fsp3) is 0.900. The molecule has 5 aliphatic rings. The molecule has 4 nitrogen and oxygen atoms in total. The van der Waals surface area contributed by atoms with Crippen molar-refractivity contribution in [2.75, 3.05) is 0 Å². The molecular weight excluding hydrogens is 424 g/mol. The first-order chi connectivity index (χ1) is 15.7. The Bertz CT molecular complexity index is 907. The molecule has 192 valence electrons. The van der Waals surface area contributed by atoms with Gasteiger partial charge in [0.1, 0.15) is 0 Å². The van der Waals surface area contributed by atoms with E-state index in [1.54, 1.807) is 0 Å². The number of aliphatic hydroxyl groups excluding tert-OH is 2. The average molecular weight is 473 g/mol. The van der Waals surface area contributed by atoms with Gasteiger partial charge in [0.2, 0.25) is 0 Å². The lowest BCUT2D eigenvalue weighted by Crippen LogP contribution is -2.70. The highest BCUT2D eigenvalue weighted by atomic mass is 16.4. The van der Waals surface area contributed by atoms with E-state index in [1.807, 2.05) is 0 Å². The second kappa shape index (κ2) is 7.34. The highest BCUT2D eigenvalue weighted by Crippen LogP contribution is 2.75. The summed E-state index contributed by atoms with van der Waals surface area (Å²) in [6, 6.07) is 0. The molecule has 4 fully saturated rings. The Morgan fingerprint density at radius 1 is 0.971 bits per heavy atom. The summed E-state index contributed by atoms with van der Waals surface area (Å²) < 4.78 is 0. The van der Waals surface area contributed by atoms with Crippen LogP contribution in [0.5, 0.6) is 0 Å². The van der Waals surface area contributed by atoms with Crippen LogP contribution in [0.15, 0.2) is 11.6 Å². The molecule has 4 saturated carbocycles. The number of rotatable bonds is 1. The molecule has 34 heavy (non-hydrogen) atoms. The Kier molecular flexibility index (Phi) is 5.36. The van der Waals surface area contributed by atoms with Crippen LogP contribution in [-0.2, 0) is 4.79 Å². The topological polar surface area (TPSA) is 77.8 Å². The van der Waals surface area contributed by atoms with E-state index in [0.29, 0.717) is 30.6 Å². The first kappa shape index (κ1) is 24.8. The van der Waals surface area contributed by atoms with Gasteiger partial charge in [-0.25, -0.2) is 0 Å². The van der Waals surface area contributed by atoms with E-state index in [-0.39, 0.29) is 28.1 Å². The second-order valence-electron chi connectivity index (χ2n) is 14.7. The van der Waals surface area contributed by atoms with Crippen LogP contribution in [0.2, 0.25) is 0 Å². The molecule has 5 aliphatic carbocycles. The van der Waals surface area contributed by atoms with E-state index in [0.717, 1.165) is 25.7 Å². The van der Waals surface area contributed by atoms with E-state index < -0.39 is 29.0 Å². The number of aliphatic carboxylic acids is 1. The molecule has 0 spiro atoms. The fourth-order valence-corrected chi connectivity index (χ4v) is 11.2. The van der Waals surface area contributed by atoms with Crippen molar-refractivity contribution in [2.24, 2.45) is 56.7 Å². The van der Waals surface area contributed by atoms with Gasteiger partial charge in [0.25, 0.3) is 0 Å². The Morgan fingerprint density at radius 2 is 1.65 bits per heavy atom. The third-order valence-electron chi connectivity index (χ3n) is 13.1. The smallest absolute Gasteiger partial charge is 0.314 e. The summed E-state index contributed by atoms with van der Waals surface area (Å²) in [6.45, 7) is 15.9. The van der Waals surface area contributed by atoms with Crippen molar-refractivity contribution in [2.45, 2.75) is 112 Å². The maximum absolute atomic E-state index is 13.5. The number of hydrogen-bond acceptors (Lipinski definition) is 3. The molecule has 3 N–H and O–H groups in total. The molecule has 0 heterocycles. The van der Waals surface area contributed by atoms with Crippen molar-refractivity contribution in [1.82, 2.24) is 0 Å². The summed E-state index contributed by atoms with van der Waals surface area (Å²) in [5, 5.41) is 33.8. The van der Waals surface area contributed by atoms with E-state index in [9.17, 15) is 20.1 Å². The van der Waals surface area contributed by atoms with E-state index >= 15 is 0 Å². The summed E-state index contributed by atoms with van der Waals surface area (Å²) in [5.74, 6) is 0.901. The normalized spacial score (nSPS) is 56.3. The lowest BCUT2D eigenvalue weighted by Gasteiger charge is -2.71. The number of hydrogen-bond donors (Lipinski definition) is 3. The molecule has 0 aliphatic heterocycles. The van der Waals surface area contributed by atoms with Gasteiger partial charge in [0, 0.05) is 0 Å². The summed E-state index contributed by atoms with van der Waals surface area (Å²) >= 11 is 0. The highest BCUT2D eigenvalue weighted by molar-refractivity contribution is 5.81. The van der Waals surface area contributed by atoms with E-state index in [4.69, 9.17) is 0 Å². The van der Waals surface area contributed by atoms with Crippen molar-refractivity contribution in [3.05, 3.63) is 11.6 Å². The number of fused-ring (bicyclic) bond motifs is 7. The van der Waals surface area contributed by atoms with Crippen molar-refractivity contribution in [3.63, 3.8) is 0 Å². The number of allylic oxidation sites excluding steroid dienone is 1. The van der Waals surface area contributed by atoms with Crippen LogP contribution in [0, 0.1) is 56.7 Å². The zero-order valence-corrected chi connectivity index (χ0v) is 22.5. The van der Waals surface area contributed by atoms with Crippen LogP contribution in [0.1, 0.15) is 99.8 Å². The first-order valence-corrected chi connectivity index (χ1v) is 14.0. The van der Waals surface area contributed by atoms with Crippen molar-refractivity contribution < 1.29 is 20.1 Å². The third-order valence-corrected chi connectivity index (χ3v) is 13.1. The Hall–Kier alpha value is -0.870. The molecule has 0 unspecified atom stereocenters. The highest BCUT2D eigenvalue weighted by Gasteiger charge is 2.73. The zero-order valence-electron chi connectivity index (χ0n) is 22.5. The largest absolute Gasteiger partial charge is 0.481 e. The van der Waals surface area contributed by atoms with Gasteiger partial charge < -0.3 is 15.3 Å². The quantitative estimate of drug-likeness (QED) is 0.405. The minimum absolute atomic E-state index is 0.0231. The number of carboxylic acid groups (broad SMARTS) is 1. The number of carboxylic acids is 1. The van der Waals surface area contributed by atoms with Gasteiger partial charge >= 0.3 is 5.97 Å². The molecule has 0 amide bonds. The van der Waals surface area contributed by atoms with Crippen LogP contribution < -0.4 is 0 Å². The Labute approximate surface area is 206 Å². The maximum atomic E-state index is 13.5. The molecule has 0 aromatic rings. The number of aliphatic hydroxyl groups is 2. The van der Waals surface area contributed by atoms with Crippen molar-refractivity contribution in [3.8, 4) is 0 Å². The monoisotopic (exact) mass is 472 g/mol. The van der Waals surface area contributed by atoms with Crippen LogP contribution >= 0.6 is 0 Å². The van der Waals surface area contributed by atoms with Gasteiger partial charge in [-0.05, 0) is 103 Å². The molecular formula is C30H48O4. The van der Waals surface area contributed by atoms with Crippen LogP contribution in [-0.4, -0.2) is 33.5 Å². The molecule has 0 aromatic heterocycles. The van der Waals surface area contributed by atoms with E-state index in [1.165, 1.54) is 18.4 Å². The van der Waals surface area contributed by atoms with Crippen LogP contribution in [0.4, 0.5) is 0 Å². The molecule has 0 aromatic carbocycles. The van der Waals surface area contributed by atoms with Crippen molar-refractivity contribution >= 4 is 5.97 Å². The van der Waals surface area contributed by atoms with Crippen molar-refractivity contribution in [1.29, 1.82) is 0 Å². The summed E-state index contributed by atoms with van der Waals surface area (Å²) in [4.78, 5) is 13.5. The standard InChI is InChI=1S/C30H48O4/c1-17-10-12-27(5)14-15-30(25(33)34)19(23(27)18(17)2)8-9-21-28(6)13-11-22(32)26(3,4)24(28)20(31)16-29(21,30)7/h8,17-18,20-24,31-32H,9-16H2,1-7H3,(H,33,34)/t17-,18+,20-,21-,22+,23+,24+,27-,28-,29-,30-/m1/s1. The average Bonchev–Trinajstić information content (AvgIpc) is 2.72. The Morgan fingerprint density at radius 3 is 2.29 bits per heavy atom. The number of carbonyl (C=O) groups is 1. The summed E-state index contributed by atoms with van der Waals surface area (Å²) in [6.07, 6.45) is 8.44. The lowest BCUT2D eigenvalue weighted by atomic mass is 9.32. The zero-order chi connectivity index (χ0) is 25.1. The molecule has 0 bridgehead atoms. The van der Waals surface area contributed by atoms with Gasteiger partial charge in [0.15, 0.2) is 0 Å². The SMILES string of the molecule is C[C@H]1[C@H](C)CC[C@]2(C)CC[C@]3(C(=O)O)C(=CC[C@@H]4[C@@]5(C)CC[C@H](O)C(C)(C)[C@@H]5[C@H](O)C[C@]43C)[C@H]12. The predicted molar refractivity (Wildman–Crippen MR) is 134 cm³/mol. The maximum Gasteiger partial charge on any atom is 0.314 e. The molecule has 11 atom stereocenters. The van der Waals surface area contributed by atoms with Gasteiger partial charge in [-0.15, -0.1) is 0 Å². The molecule has 4 heteroatoms. The second-order valence-corrected chi connectivity index (χ2v) is 14.7. The molecule has 5 rings (SSSR count). The van der Waals surface area contributed by atoms with Gasteiger partial charge in [-0.2, -0.15) is 0 Å². The third kappa shape index (κ3) is 2.76. The molecule has 0 radical (unpaired) electrons. The minimum Gasteiger partial charge on any atom is -0.481 e.